The van der Waals surface area contributed by atoms with Crippen LogP contribution in [0.15, 0.2) is 30.3 Å². The van der Waals surface area contributed by atoms with Crippen molar-refractivity contribution in [1.29, 1.82) is 0 Å². The van der Waals surface area contributed by atoms with Crippen LogP contribution in [0.25, 0.3) is 0 Å². The third kappa shape index (κ3) is 3.85. The molecule has 2 fully saturated rings. The Bertz CT molecular complexity index is 702. The molecule has 2 saturated heterocycles. The predicted molar refractivity (Wildman–Crippen MR) is 103 cm³/mol. The Kier molecular flexibility index (Phi) is 4.70. The minimum atomic E-state index is 0.834. The number of anilines is 4. The second kappa shape index (κ2) is 7.27. The van der Waals surface area contributed by atoms with E-state index in [-0.39, 0.29) is 0 Å². The lowest BCUT2D eigenvalue weighted by Crippen LogP contribution is -2.44. The highest BCUT2D eigenvalue weighted by molar-refractivity contribution is 5.62. The van der Waals surface area contributed by atoms with E-state index in [9.17, 15) is 0 Å². The summed E-state index contributed by atoms with van der Waals surface area (Å²) in [4.78, 5) is 14.3. The van der Waals surface area contributed by atoms with Crippen LogP contribution < -0.4 is 20.4 Å². The molecule has 0 spiro atoms. The molecule has 6 heteroatoms. The van der Waals surface area contributed by atoms with Crippen molar-refractivity contribution in [2.75, 3.05) is 54.4 Å². The van der Waals surface area contributed by atoms with Crippen LogP contribution in [0.5, 0.6) is 0 Å². The van der Waals surface area contributed by atoms with E-state index in [0.29, 0.717) is 0 Å². The van der Waals surface area contributed by atoms with E-state index in [1.807, 2.05) is 0 Å². The molecule has 6 nitrogen and oxygen atoms in total. The molecule has 132 valence electrons. The van der Waals surface area contributed by atoms with Gasteiger partial charge in [-0.3, -0.25) is 0 Å². The lowest BCUT2D eigenvalue weighted by molar-refractivity contribution is 0.580. The SMILES string of the molecule is Cc1ccc(Nc2cc(N3CCCC3)nc(N3CCNCC3)n2)cc1. The van der Waals surface area contributed by atoms with Crippen LogP contribution in [-0.2, 0) is 0 Å². The molecule has 2 aliphatic rings. The van der Waals surface area contributed by atoms with Gasteiger partial charge >= 0.3 is 0 Å². The maximum atomic E-state index is 4.87. The summed E-state index contributed by atoms with van der Waals surface area (Å²) in [6.07, 6.45) is 2.49. The van der Waals surface area contributed by atoms with Crippen molar-refractivity contribution in [3.05, 3.63) is 35.9 Å². The smallest absolute Gasteiger partial charge is 0.229 e. The standard InChI is InChI=1S/C19H26N6/c1-15-4-6-16(7-5-15)21-17-14-18(24-10-2-3-11-24)23-19(22-17)25-12-8-20-9-13-25/h4-7,14,20H,2-3,8-13H2,1H3,(H,21,22,23). The van der Waals surface area contributed by atoms with Crippen molar-refractivity contribution < 1.29 is 0 Å². The molecule has 0 bridgehead atoms. The minimum Gasteiger partial charge on any atom is -0.356 e. The number of piperazine rings is 1. The summed E-state index contributed by atoms with van der Waals surface area (Å²) in [6.45, 7) is 8.14. The number of aryl methyl sites for hydroxylation is 1. The van der Waals surface area contributed by atoms with Gasteiger partial charge in [0, 0.05) is 51.0 Å². The zero-order valence-corrected chi connectivity index (χ0v) is 14.8. The van der Waals surface area contributed by atoms with Gasteiger partial charge in [0.05, 0.1) is 0 Å². The Hall–Kier alpha value is -2.34. The van der Waals surface area contributed by atoms with Crippen molar-refractivity contribution in [3.8, 4) is 0 Å². The van der Waals surface area contributed by atoms with Gasteiger partial charge in [-0.1, -0.05) is 17.7 Å². The number of hydrogen-bond acceptors (Lipinski definition) is 6. The minimum absolute atomic E-state index is 0.834. The van der Waals surface area contributed by atoms with Gasteiger partial charge in [0.15, 0.2) is 0 Å². The molecule has 0 amide bonds. The molecule has 0 aliphatic carbocycles. The van der Waals surface area contributed by atoms with E-state index in [2.05, 4.69) is 57.7 Å². The highest BCUT2D eigenvalue weighted by Gasteiger charge is 2.19. The van der Waals surface area contributed by atoms with Crippen LogP contribution in [0.1, 0.15) is 18.4 Å². The largest absolute Gasteiger partial charge is 0.356 e. The van der Waals surface area contributed by atoms with Crippen LogP contribution in [0.3, 0.4) is 0 Å². The van der Waals surface area contributed by atoms with Gasteiger partial charge in [-0.05, 0) is 31.9 Å². The number of rotatable bonds is 4. The van der Waals surface area contributed by atoms with Gasteiger partial charge in [0.2, 0.25) is 5.95 Å². The fraction of sp³-hybridized carbons (Fsp3) is 0.474. The van der Waals surface area contributed by atoms with Gasteiger partial charge in [-0.15, -0.1) is 0 Å². The molecule has 0 saturated carbocycles. The highest BCUT2D eigenvalue weighted by atomic mass is 15.3. The lowest BCUT2D eigenvalue weighted by Gasteiger charge is -2.29. The Labute approximate surface area is 149 Å². The van der Waals surface area contributed by atoms with Crippen molar-refractivity contribution in [1.82, 2.24) is 15.3 Å². The molecule has 2 aliphatic heterocycles. The maximum absolute atomic E-state index is 4.87. The molecule has 0 atom stereocenters. The molecule has 1 aromatic carbocycles. The summed E-state index contributed by atoms with van der Waals surface area (Å²) >= 11 is 0. The monoisotopic (exact) mass is 338 g/mol. The molecule has 25 heavy (non-hydrogen) atoms. The summed E-state index contributed by atoms with van der Waals surface area (Å²) in [7, 11) is 0. The van der Waals surface area contributed by atoms with Gasteiger partial charge < -0.3 is 20.4 Å². The second-order valence-corrected chi connectivity index (χ2v) is 6.83. The number of nitrogens with one attached hydrogen (secondary N) is 2. The third-order valence-electron chi connectivity index (χ3n) is 4.85. The van der Waals surface area contributed by atoms with E-state index in [1.165, 1.54) is 18.4 Å². The summed E-state index contributed by atoms with van der Waals surface area (Å²) in [5.41, 5.74) is 2.32. The van der Waals surface area contributed by atoms with E-state index in [1.54, 1.807) is 0 Å². The maximum Gasteiger partial charge on any atom is 0.229 e. The Morgan fingerprint density at radius 3 is 2.36 bits per heavy atom. The van der Waals surface area contributed by atoms with E-state index in [0.717, 1.165) is 62.5 Å². The van der Waals surface area contributed by atoms with Crippen molar-refractivity contribution in [2.45, 2.75) is 19.8 Å². The summed E-state index contributed by atoms with van der Waals surface area (Å²) in [6, 6.07) is 10.5. The third-order valence-corrected chi connectivity index (χ3v) is 4.85. The second-order valence-electron chi connectivity index (χ2n) is 6.83. The molecule has 4 rings (SSSR count). The first-order valence-corrected chi connectivity index (χ1v) is 9.21. The van der Waals surface area contributed by atoms with Gasteiger partial charge in [-0.2, -0.15) is 9.97 Å². The topological polar surface area (TPSA) is 56.3 Å². The van der Waals surface area contributed by atoms with Gasteiger partial charge in [-0.25, -0.2) is 0 Å². The first kappa shape index (κ1) is 16.1. The molecule has 0 unspecified atom stereocenters. The van der Waals surface area contributed by atoms with Crippen molar-refractivity contribution in [2.24, 2.45) is 0 Å². The van der Waals surface area contributed by atoms with Crippen molar-refractivity contribution in [3.63, 3.8) is 0 Å². The molecule has 2 N–H and O–H groups in total. The fourth-order valence-corrected chi connectivity index (χ4v) is 3.39. The molecular formula is C19H26N6. The first-order chi connectivity index (χ1) is 12.3. The zero-order chi connectivity index (χ0) is 17.1. The summed E-state index contributed by atoms with van der Waals surface area (Å²) < 4.78 is 0. The molecule has 0 radical (unpaired) electrons. The quantitative estimate of drug-likeness (QED) is 0.893. The molecule has 2 aromatic rings. The van der Waals surface area contributed by atoms with E-state index in [4.69, 9.17) is 9.97 Å². The number of hydrogen-bond donors (Lipinski definition) is 2. The Morgan fingerprint density at radius 1 is 0.920 bits per heavy atom. The van der Waals surface area contributed by atoms with Crippen LogP contribution in [0, 0.1) is 6.92 Å². The number of benzene rings is 1. The van der Waals surface area contributed by atoms with Gasteiger partial charge in [0.1, 0.15) is 11.6 Å². The van der Waals surface area contributed by atoms with E-state index < -0.39 is 0 Å². The first-order valence-electron chi connectivity index (χ1n) is 9.21. The number of nitrogens with zero attached hydrogens (tertiary/aromatic N) is 4. The predicted octanol–water partition coefficient (Wildman–Crippen LogP) is 2.54. The van der Waals surface area contributed by atoms with Crippen molar-refractivity contribution >= 4 is 23.3 Å². The average Bonchev–Trinajstić information content (AvgIpc) is 3.19. The zero-order valence-electron chi connectivity index (χ0n) is 14.8. The molecule has 3 heterocycles. The molecular weight excluding hydrogens is 312 g/mol. The van der Waals surface area contributed by atoms with Crippen LogP contribution >= 0.6 is 0 Å². The number of aromatic nitrogens is 2. The van der Waals surface area contributed by atoms with Crippen LogP contribution in [0.4, 0.5) is 23.3 Å². The summed E-state index contributed by atoms with van der Waals surface area (Å²) in [5.74, 6) is 2.74. The fourth-order valence-electron chi connectivity index (χ4n) is 3.39. The van der Waals surface area contributed by atoms with Crippen LogP contribution in [0.2, 0.25) is 0 Å². The highest BCUT2D eigenvalue weighted by Crippen LogP contribution is 2.26. The average molecular weight is 338 g/mol. The Balaban J connectivity index is 1.63. The summed E-state index contributed by atoms with van der Waals surface area (Å²) in [5, 5.41) is 6.85. The van der Waals surface area contributed by atoms with Gasteiger partial charge in [0.25, 0.3) is 0 Å². The normalized spacial score (nSPS) is 17.8. The lowest BCUT2D eigenvalue weighted by atomic mass is 10.2. The Morgan fingerprint density at radius 2 is 1.64 bits per heavy atom. The van der Waals surface area contributed by atoms with Crippen LogP contribution in [-0.4, -0.2) is 49.2 Å². The molecule has 1 aromatic heterocycles. The van der Waals surface area contributed by atoms with E-state index >= 15 is 0 Å².